The van der Waals surface area contributed by atoms with Crippen LogP contribution in [0.15, 0.2) is 60.7 Å². The van der Waals surface area contributed by atoms with Gasteiger partial charge in [-0.05, 0) is 83.0 Å². The zero-order chi connectivity index (χ0) is 15.9. The molecular weight excluding hydrogens is 288 g/mol. The fourth-order valence-electron chi connectivity index (χ4n) is 4.58. The van der Waals surface area contributed by atoms with Gasteiger partial charge in [-0.1, -0.05) is 60.7 Å². The summed E-state index contributed by atoms with van der Waals surface area (Å²) in [6.07, 6.45) is 7.69. The van der Waals surface area contributed by atoms with Crippen molar-refractivity contribution < 1.29 is 0 Å². The minimum absolute atomic E-state index is 1.18. The van der Waals surface area contributed by atoms with E-state index in [9.17, 15) is 0 Å². The van der Waals surface area contributed by atoms with Crippen LogP contribution in [0.4, 0.5) is 0 Å². The van der Waals surface area contributed by atoms with Gasteiger partial charge in [0.05, 0.1) is 0 Å². The Morgan fingerprint density at radius 2 is 1.33 bits per heavy atom. The molecule has 0 radical (unpaired) electrons. The molecule has 0 saturated carbocycles. The van der Waals surface area contributed by atoms with E-state index in [4.69, 9.17) is 0 Å². The van der Waals surface area contributed by atoms with Crippen LogP contribution in [0.1, 0.15) is 35.1 Å². The highest BCUT2D eigenvalue weighted by Gasteiger charge is 2.22. The van der Waals surface area contributed by atoms with Gasteiger partial charge in [0.1, 0.15) is 0 Å². The van der Waals surface area contributed by atoms with Gasteiger partial charge in [0.15, 0.2) is 0 Å². The number of benzene rings is 3. The van der Waals surface area contributed by atoms with E-state index < -0.39 is 0 Å². The van der Waals surface area contributed by atoms with E-state index in [0.717, 1.165) is 0 Å². The van der Waals surface area contributed by atoms with Crippen molar-refractivity contribution in [2.75, 3.05) is 0 Å². The zero-order valence-corrected chi connectivity index (χ0v) is 14.0. The molecule has 0 spiro atoms. The van der Waals surface area contributed by atoms with Gasteiger partial charge in [-0.2, -0.15) is 0 Å². The molecule has 0 heterocycles. The van der Waals surface area contributed by atoms with Crippen molar-refractivity contribution in [1.82, 2.24) is 0 Å². The molecule has 24 heavy (non-hydrogen) atoms. The first-order valence-corrected chi connectivity index (χ1v) is 9.22. The van der Waals surface area contributed by atoms with Crippen LogP contribution in [0, 0.1) is 0 Å². The number of aryl methyl sites for hydroxylation is 2. The van der Waals surface area contributed by atoms with E-state index in [1.807, 2.05) is 0 Å². The summed E-state index contributed by atoms with van der Waals surface area (Å²) in [5.41, 5.74) is 12.1. The molecule has 0 atom stereocenters. The molecule has 2 aliphatic rings. The maximum Gasteiger partial charge on any atom is -0.0146 e. The van der Waals surface area contributed by atoms with Gasteiger partial charge in [-0.25, -0.2) is 0 Å². The summed E-state index contributed by atoms with van der Waals surface area (Å²) in [6.45, 7) is 0. The monoisotopic (exact) mass is 310 g/mol. The van der Waals surface area contributed by atoms with Crippen molar-refractivity contribution in [3.05, 3.63) is 82.9 Å². The third-order valence-electron chi connectivity index (χ3n) is 5.80. The van der Waals surface area contributed by atoms with Gasteiger partial charge >= 0.3 is 0 Å². The van der Waals surface area contributed by atoms with E-state index in [2.05, 4.69) is 60.7 Å². The standard InChI is InChI=1S/C24H22/c1-2-6-17(7-3-1)19-11-13-22-20(16-19)12-15-23-21-9-5-4-8-18(21)10-14-24(22)23/h1-3,6-7,10-11,13-14,16H,4-5,8-9,12,15H2. The summed E-state index contributed by atoms with van der Waals surface area (Å²) in [6, 6.07) is 22.6. The second-order valence-corrected chi connectivity index (χ2v) is 7.17. The second-order valence-electron chi connectivity index (χ2n) is 7.17. The minimum atomic E-state index is 1.18. The molecular formula is C24H22. The van der Waals surface area contributed by atoms with Gasteiger partial charge in [-0.15, -0.1) is 0 Å². The Morgan fingerprint density at radius 1 is 0.500 bits per heavy atom. The molecule has 118 valence electrons. The smallest absolute Gasteiger partial charge is 0.0146 e. The van der Waals surface area contributed by atoms with Crippen LogP contribution in [0.5, 0.6) is 0 Å². The predicted octanol–water partition coefficient (Wildman–Crippen LogP) is 6.00. The molecule has 0 amide bonds. The maximum atomic E-state index is 2.41. The first kappa shape index (κ1) is 14.0. The normalized spacial score (nSPS) is 15.3. The summed E-state index contributed by atoms with van der Waals surface area (Å²) in [5, 5.41) is 0. The first-order valence-electron chi connectivity index (χ1n) is 9.22. The number of hydrogen-bond donors (Lipinski definition) is 0. The highest BCUT2D eigenvalue weighted by molar-refractivity contribution is 5.78. The SMILES string of the molecule is c1ccc(-c2ccc3c(c2)CCc2c-3ccc3c2CCCC3)cc1. The van der Waals surface area contributed by atoms with Gasteiger partial charge in [0.25, 0.3) is 0 Å². The largest absolute Gasteiger partial charge is 0.0622 e. The molecule has 0 fully saturated rings. The van der Waals surface area contributed by atoms with E-state index in [1.54, 1.807) is 16.7 Å². The number of fused-ring (bicyclic) bond motifs is 5. The summed E-state index contributed by atoms with van der Waals surface area (Å²) in [4.78, 5) is 0. The highest BCUT2D eigenvalue weighted by Crippen LogP contribution is 2.39. The van der Waals surface area contributed by atoms with E-state index in [0.29, 0.717) is 0 Å². The van der Waals surface area contributed by atoms with Gasteiger partial charge in [0.2, 0.25) is 0 Å². The molecule has 3 aromatic rings. The van der Waals surface area contributed by atoms with Crippen molar-refractivity contribution in [3.8, 4) is 22.3 Å². The molecule has 0 aliphatic heterocycles. The Kier molecular flexibility index (Phi) is 3.29. The lowest BCUT2D eigenvalue weighted by Gasteiger charge is -2.27. The van der Waals surface area contributed by atoms with Crippen LogP contribution in [0.3, 0.4) is 0 Å². The fourth-order valence-corrected chi connectivity index (χ4v) is 4.58. The minimum Gasteiger partial charge on any atom is -0.0622 e. The number of rotatable bonds is 1. The third-order valence-corrected chi connectivity index (χ3v) is 5.80. The molecule has 0 saturated heterocycles. The van der Waals surface area contributed by atoms with E-state index in [1.165, 1.54) is 66.3 Å². The van der Waals surface area contributed by atoms with Crippen molar-refractivity contribution in [2.45, 2.75) is 38.5 Å². The van der Waals surface area contributed by atoms with E-state index in [-0.39, 0.29) is 0 Å². The molecule has 3 aromatic carbocycles. The number of hydrogen-bond acceptors (Lipinski definition) is 0. The Bertz CT molecular complexity index is 903. The average molecular weight is 310 g/mol. The van der Waals surface area contributed by atoms with Crippen LogP contribution in [-0.2, 0) is 25.7 Å². The molecule has 0 N–H and O–H groups in total. The first-order chi connectivity index (χ1) is 11.9. The lowest BCUT2D eigenvalue weighted by molar-refractivity contribution is 0.676. The fraction of sp³-hybridized carbons (Fsp3) is 0.250. The van der Waals surface area contributed by atoms with E-state index >= 15 is 0 Å². The van der Waals surface area contributed by atoms with Crippen molar-refractivity contribution in [3.63, 3.8) is 0 Å². The summed E-state index contributed by atoms with van der Waals surface area (Å²) in [5.74, 6) is 0. The Hall–Kier alpha value is -2.34. The van der Waals surface area contributed by atoms with Crippen LogP contribution in [-0.4, -0.2) is 0 Å². The van der Waals surface area contributed by atoms with Crippen LogP contribution < -0.4 is 0 Å². The van der Waals surface area contributed by atoms with Crippen molar-refractivity contribution >= 4 is 0 Å². The van der Waals surface area contributed by atoms with Gasteiger partial charge in [0, 0.05) is 0 Å². The lowest BCUT2D eigenvalue weighted by Crippen LogP contribution is -2.12. The second kappa shape index (κ2) is 5.63. The Morgan fingerprint density at radius 3 is 2.25 bits per heavy atom. The molecule has 0 heteroatoms. The van der Waals surface area contributed by atoms with Crippen molar-refractivity contribution in [1.29, 1.82) is 0 Å². The maximum absolute atomic E-state index is 2.41. The molecule has 0 aromatic heterocycles. The van der Waals surface area contributed by atoms with Crippen LogP contribution >= 0.6 is 0 Å². The molecule has 2 aliphatic carbocycles. The lowest BCUT2D eigenvalue weighted by atomic mass is 9.78. The van der Waals surface area contributed by atoms with Crippen LogP contribution in [0.25, 0.3) is 22.3 Å². The molecule has 0 bridgehead atoms. The predicted molar refractivity (Wildman–Crippen MR) is 101 cm³/mol. The summed E-state index contributed by atoms with van der Waals surface area (Å²) in [7, 11) is 0. The molecule has 5 rings (SSSR count). The average Bonchev–Trinajstić information content (AvgIpc) is 2.67. The summed E-state index contributed by atoms with van der Waals surface area (Å²) >= 11 is 0. The Labute approximate surface area is 144 Å². The third kappa shape index (κ3) is 2.21. The van der Waals surface area contributed by atoms with Crippen molar-refractivity contribution in [2.24, 2.45) is 0 Å². The topological polar surface area (TPSA) is 0 Å². The Balaban J connectivity index is 1.62. The molecule has 0 nitrogen and oxygen atoms in total. The van der Waals surface area contributed by atoms with Crippen LogP contribution in [0.2, 0.25) is 0 Å². The molecule has 0 unspecified atom stereocenters. The van der Waals surface area contributed by atoms with Gasteiger partial charge < -0.3 is 0 Å². The van der Waals surface area contributed by atoms with Gasteiger partial charge in [-0.3, -0.25) is 0 Å². The highest BCUT2D eigenvalue weighted by atomic mass is 14.3. The summed E-state index contributed by atoms with van der Waals surface area (Å²) < 4.78 is 0. The quantitative estimate of drug-likeness (QED) is 0.517. The zero-order valence-electron chi connectivity index (χ0n) is 14.0.